The third-order valence-corrected chi connectivity index (χ3v) is 4.19. The Kier molecular flexibility index (Phi) is 5.00. The molecular formula is C17H22BrN. The number of rotatable bonds is 5. The first kappa shape index (κ1) is 14.5. The molecule has 19 heavy (non-hydrogen) atoms. The van der Waals surface area contributed by atoms with Crippen molar-refractivity contribution < 1.29 is 0 Å². The van der Waals surface area contributed by atoms with Gasteiger partial charge in [-0.05, 0) is 46.9 Å². The lowest BCUT2D eigenvalue weighted by atomic mass is 9.92. The molecular weight excluding hydrogens is 298 g/mol. The largest absolute Gasteiger partial charge is 0.324 e. The van der Waals surface area contributed by atoms with Gasteiger partial charge in [0, 0.05) is 10.5 Å². The number of fused-ring (bicyclic) bond motifs is 1. The molecule has 0 radical (unpaired) electrons. The fourth-order valence-corrected chi connectivity index (χ4v) is 3.02. The lowest BCUT2D eigenvalue weighted by Gasteiger charge is -2.17. The van der Waals surface area contributed by atoms with E-state index in [-0.39, 0.29) is 6.04 Å². The molecule has 0 aliphatic rings. The summed E-state index contributed by atoms with van der Waals surface area (Å²) in [4.78, 5) is 0. The van der Waals surface area contributed by atoms with Crippen LogP contribution < -0.4 is 5.73 Å². The molecule has 0 heterocycles. The normalized spacial score (nSPS) is 14.5. The zero-order valence-electron chi connectivity index (χ0n) is 11.7. The minimum absolute atomic E-state index is 0.148. The van der Waals surface area contributed by atoms with Crippen molar-refractivity contribution in [3.8, 4) is 0 Å². The number of hydrogen-bond donors (Lipinski definition) is 1. The molecule has 2 aromatic carbocycles. The number of nitrogens with two attached hydrogens (primary N) is 1. The van der Waals surface area contributed by atoms with E-state index in [0.29, 0.717) is 5.92 Å². The van der Waals surface area contributed by atoms with Crippen molar-refractivity contribution in [2.24, 2.45) is 11.7 Å². The zero-order chi connectivity index (χ0) is 13.8. The summed E-state index contributed by atoms with van der Waals surface area (Å²) >= 11 is 3.51. The second-order valence-electron chi connectivity index (χ2n) is 5.49. The van der Waals surface area contributed by atoms with Gasteiger partial charge < -0.3 is 5.73 Å². The van der Waals surface area contributed by atoms with E-state index in [0.717, 1.165) is 10.9 Å². The molecule has 1 nitrogen and oxygen atoms in total. The SMILES string of the molecule is CCCC(C)CC(N)c1ccc2cc(Br)ccc2c1. The second-order valence-corrected chi connectivity index (χ2v) is 6.40. The van der Waals surface area contributed by atoms with Crippen molar-refractivity contribution in [1.29, 1.82) is 0 Å². The van der Waals surface area contributed by atoms with Crippen LogP contribution in [0.5, 0.6) is 0 Å². The fraction of sp³-hybridized carbons (Fsp3) is 0.412. The first-order valence-electron chi connectivity index (χ1n) is 7.05. The van der Waals surface area contributed by atoms with Crippen LogP contribution in [0.2, 0.25) is 0 Å². The molecule has 0 spiro atoms. The van der Waals surface area contributed by atoms with Gasteiger partial charge in [0.25, 0.3) is 0 Å². The summed E-state index contributed by atoms with van der Waals surface area (Å²) in [5.74, 6) is 0.695. The third-order valence-electron chi connectivity index (χ3n) is 3.69. The van der Waals surface area contributed by atoms with Gasteiger partial charge in [0.2, 0.25) is 0 Å². The van der Waals surface area contributed by atoms with E-state index in [9.17, 15) is 0 Å². The van der Waals surface area contributed by atoms with Crippen LogP contribution in [0.15, 0.2) is 40.9 Å². The van der Waals surface area contributed by atoms with Gasteiger partial charge >= 0.3 is 0 Å². The van der Waals surface area contributed by atoms with E-state index >= 15 is 0 Å². The van der Waals surface area contributed by atoms with Crippen LogP contribution in [-0.4, -0.2) is 0 Å². The van der Waals surface area contributed by atoms with E-state index in [1.54, 1.807) is 0 Å². The molecule has 0 aliphatic carbocycles. The highest BCUT2D eigenvalue weighted by Crippen LogP contribution is 2.26. The van der Waals surface area contributed by atoms with Crippen LogP contribution >= 0.6 is 15.9 Å². The maximum absolute atomic E-state index is 6.34. The van der Waals surface area contributed by atoms with E-state index in [4.69, 9.17) is 5.73 Å². The first-order chi connectivity index (χ1) is 9.10. The molecule has 2 rings (SSSR count). The highest BCUT2D eigenvalue weighted by atomic mass is 79.9. The van der Waals surface area contributed by atoms with E-state index in [1.165, 1.54) is 29.2 Å². The summed E-state index contributed by atoms with van der Waals surface area (Å²) in [5.41, 5.74) is 7.59. The van der Waals surface area contributed by atoms with E-state index in [1.807, 2.05) is 0 Å². The van der Waals surface area contributed by atoms with Crippen LogP contribution in [0.1, 0.15) is 44.7 Å². The van der Waals surface area contributed by atoms with Crippen molar-refractivity contribution in [3.63, 3.8) is 0 Å². The number of benzene rings is 2. The van der Waals surface area contributed by atoms with Gasteiger partial charge in [0.05, 0.1) is 0 Å². The van der Waals surface area contributed by atoms with Crippen LogP contribution in [-0.2, 0) is 0 Å². The summed E-state index contributed by atoms with van der Waals surface area (Å²) in [5, 5.41) is 2.52. The van der Waals surface area contributed by atoms with Gasteiger partial charge in [-0.15, -0.1) is 0 Å². The molecule has 0 aromatic heterocycles. The Hall–Kier alpha value is -0.860. The Morgan fingerprint density at radius 3 is 2.53 bits per heavy atom. The minimum atomic E-state index is 0.148. The van der Waals surface area contributed by atoms with Crippen molar-refractivity contribution in [1.82, 2.24) is 0 Å². The molecule has 0 saturated carbocycles. The van der Waals surface area contributed by atoms with Gasteiger partial charge in [0.15, 0.2) is 0 Å². The second kappa shape index (κ2) is 6.53. The predicted molar refractivity (Wildman–Crippen MR) is 87.3 cm³/mol. The van der Waals surface area contributed by atoms with Crippen molar-refractivity contribution >= 4 is 26.7 Å². The average Bonchev–Trinajstić information content (AvgIpc) is 2.38. The molecule has 0 aliphatic heterocycles. The molecule has 2 unspecified atom stereocenters. The van der Waals surface area contributed by atoms with Crippen molar-refractivity contribution in [3.05, 3.63) is 46.4 Å². The lowest BCUT2D eigenvalue weighted by molar-refractivity contribution is 0.440. The molecule has 0 saturated heterocycles. The smallest absolute Gasteiger partial charge is 0.0297 e. The van der Waals surface area contributed by atoms with Crippen LogP contribution in [0.3, 0.4) is 0 Å². The lowest BCUT2D eigenvalue weighted by Crippen LogP contribution is -2.14. The monoisotopic (exact) mass is 319 g/mol. The van der Waals surface area contributed by atoms with E-state index in [2.05, 4.69) is 66.2 Å². The van der Waals surface area contributed by atoms with Gasteiger partial charge in [-0.1, -0.05) is 60.8 Å². The molecule has 2 heteroatoms. The number of hydrogen-bond acceptors (Lipinski definition) is 1. The fourth-order valence-electron chi connectivity index (χ4n) is 2.65. The number of halogens is 1. The van der Waals surface area contributed by atoms with Crippen LogP contribution in [0.4, 0.5) is 0 Å². The highest BCUT2D eigenvalue weighted by Gasteiger charge is 2.11. The minimum Gasteiger partial charge on any atom is -0.324 e. The Morgan fingerprint density at radius 1 is 1.11 bits per heavy atom. The van der Waals surface area contributed by atoms with E-state index < -0.39 is 0 Å². The Labute approximate surface area is 124 Å². The van der Waals surface area contributed by atoms with Crippen LogP contribution in [0.25, 0.3) is 10.8 Å². The topological polar surface area (TPSA) is 26.0 Å². The predicted octanol–water partition coefficient (Wildman–Crippen LogP) is 5.43. The maximum atomic E-state index is 6.34. The Balaban J connectivity index is 2.18. The Bertz CT molecular complexity index is 550. The standard InChI is InChI=1S/C17H22BrN/c1-3-4-12(2)9-17(19)15-6-5-14-11-16(18)8-7-13(14)10-15/h5-8,10-12,17H,3-4,9,19H2,1-2H3. The molecule has 0 amide bonds. The van der Waals surface area contributed by atoms with Gasteiger partial charge in [0.1, 0.15) is 0 Å². The van der Waals surface area contributed by atoms with Crippen molar-refractivity contribution in [2.75, 3.05) is 0 Å². The molecule has 2 atom stereocenters. The van der Waals surface area contributed by atoms with Gasteiger partial charge in [-0.2, -0.15) is 0 Å². The molecule has 0 fully saturated rings. The summed E-state index contributed by atoms with van der Waals surface area (Å²) in [7, 11) is 0. The molecule has 102 valence electrons. The summed E-state index contributed by atoms with van der Waals surface area (Å²) in [6.07, 6.45) is 3.56. The summed E-state index contributed by atoms with van der Waals surface area (Å²) in [6.45, 7) is 4.53. The molecule has 2 N–H and O–H groups in total. The highest BCUT2D eigenvalue weighted by molar-refractivity contribution is 9.10. The summed E-state index contributed by atoms with van der Waals surface area (Å²) < 4.78 is 1.12. The van der Waals surface area contributed by atoms with Gasteiger partial charge in [-0.3, -0.25) is 0 Å². The average molecular weight is 320 g/mol. The first-order valence-corrected chi connectivity index (χ1v) is 7.84. The third kappa shape index (κ3) is 3.80. The quantitative estimate of drug-likeness (QED) is 0.781. The zero-order valence-corrected chi connectivity index (χ0v) is 13.3. The van der Waals surface area contributed by atoms with Crippen molar-refractivity contribution in [2.45, 2.75) is 39.2 Å². The molecule has 0 bridgehead atoms. The maximum Gasteiger partial charge on any atom is 0.0297 e. The summed E-state index contributed by atoms with van der Waals surface area (Å²) in [6, 6.07) is 13.1. The molecule has 2 aromatic rings. The Morgan fingerprint density at radius 2 is 1.79 bits per heavy atom. The van der Waals surface area contributed by atoms with Gasteiger partial charge in [-0.25, -0.2) is 0 Å². The van der Waals surface area contributed by atoms with Crippen LogP contribution in [0, 0.1) is 5.92 Å².